The van der Waals surface area contributed by atoms with Gasteiger partial charge in [0.05, 0.1) is 36.1 Å². The molecule has 3 heterocycles. The van der Waals surface area contributed by atoms with Gasteiger partial charge in [-0.05, 0) is 66.8 Å². The number of methoxy groups -OCH3 is 1. The highest BCUT2D eigenvalue weighted by molar-refractivity contribution is 5.93. The molecule has 2 aromatic heterocycles. The fourth-order valence-corrected chi connectivity index (χ4v) is 6.56. The quantitative estimate of drug-likeness (QED) is 0.307. The van der Waals surface area contributed by atoms with E-state index in [2.05, 4.69) is 5.32 Å². The molecule has 2 N–H and O–H groups in total. The zero-order chi connectivity index (χ0) is 28.3. The molecule has 8 nitrogen and oxygen atoms in total. The number of benzene rings is 1. The largest absolute Gasteiger partial charge is 0.383 e. The van der Waals surface area contributed by atoms with Crippen LogP contribution < -0.4 is 10.9 Å². The van der Waals surface area contributed by atoms with Crippen molar-refractivity contribution < 1.29 is 23.8 Å². The number of ether oxygens (including phenoxy) is 1. The van der Waals surface area contributed by atoms with Crippen LogP contribution in [-0.4, -0.2) is 40.1 Å². The van der Waals surface area contributed by atoms with Crippen LogP contribution in [0.4, 0.5) is 4.39 Å². The van der Waals surface area contributed by atoms with E-state index in [9.17, 15) is 19.5 Å². The summed E-state index contributed by atoms with van der Waals surface area (Å²) in [5, 5.41) is 14.4. The fourth-order valence-electron chi connectivity index (χ4n) is 6.56. The third-order valence-corrected chi connectivity index (χ3v) is 8.93. The van der Waals surface area contributed by atoms with Crippen molar-refractivity contribution in [2.24, 2.45) is 5.92 Å². The Balaban J connectivity index is 1.54. The van der Waals surface area contributed by atoms with Crippen LogP contribution in [0.1, 0.15) is 84.4 Å². The van der Waals surface area contributed by atoms with Gasteiger partial charge in [0.15, 0.2) is 0 Å². The number of aliphatic hydroxyl groups excluding tert-OH is 1. The van der Waals surface area contributed by atoms with E-state index in [1.54, 1.807) is 11.5 Å². The predicted molar refractivity (Wildman–Crippen MR) is 148 cm³/mol. The lowest BCUT2D eigenvalue weighted by molar-refractivity contribution is -0.130. The summed E-state index contributed by atoms with van der Waals surface area (Å²) in [7, 11) is 1.51. The molecule has 3 unspecified atom stereocenters. The Hall–Kier alpha value is -3.43. The third-order valence-electron chi connectivity index (χ3n) is 8.93. The lowest BCUT2D eigenvalue weighted by Crippen LogP contribution is -2.39. The number of nitrogens with one attached hydrogen (secondary N) is 1. The molecule has 1 aromatic carbocycles. The van der Waals surface area contributed by atoms with Crippen LogP contribution >= 0.6 is 0 Å². The first kappa shape index (κ1) is 26.8. The first-order chi connectivity index (χ1) is 19.3. The maximum absolute atomic E-state index is 15.1. The highest BCUT2D eigenvalue weighted by atomic mass is 19.1. The molecule has 9 heteroatoms. The number of fused-ring (bicyclic) bond motifs is 4. The summed E-state index contributed by atoms with van der Waals surface area (Å²) in [6.07, 6.45) is 3.91. The zero-order valence-corrected chi connectivity index (χ0v) is 23.1. The average Bonchev–Trinajstić information content (AvgIpc) is 3.68. The maximum Gasteiger partial charge on any atom is 0.257 e. The summed E-state index contributed by atoms with van der Waals surface area (Å²) in [5.74, 6) is -0.836. The molecule has 40 heavy (non-hydrogen) atoms. The molecular weight excluding hydrogens is 513 g/mol. The van der Waals surface area contributed by atoms with Gasteiger partial charge in [0.2, 0.25) is 5.91 Å². The smallest absolute Gasteiger partial charge is 0.257 e. The number of aryl methyl sites for hydroxylation is 1. The summed E-state index contributed by atoms with van der Waals surface area (Å²) in [5.41, 5.74) is 5.45. The summed E-state index contributed by atoms with van der Waals surface area (Å²) >= 11 is 0. The zero-order valence-electron chi connectivity index (χ0n) is 23.1. The van der Waals surface area contributed by atoms with Gasteiger partial charge in [0, 0.05) is 35.6 Å². The van der Waals surface area contributed by atoms with Crippen LogP contribution in [0, 0.1) is 18.7 Å². The Morgan fingerprint density at radius 1 is 1.30 bits per heavy atom. The minimum atomic E-state index is -1.08. The van der Waals surface area contributed by atoms with Gasteiger partial charge < -0.3 is 24.5 Å². The van der Waals surface area contributed by atoms with Crippen LogP contribution in [0.25, 0.3) is 22.3 Å². The van der Waals surface area contributed by atoms with E-state index in [-0.39, 0.29) is 24.5 Å². The third kappa shape index (κ3) is 4.27. The van der Waals surface area contributed by atoms with Gasteiger partial charge in [-0.3, -0.25) is 9.59 Å². The van der Waals surface area contributed by atoms with Gasteiger partial charge in [-0.15, -0.1) is 0 Å². The number of hydrogen-bond donors (Lipinski definition) is 2. The summed E-state index contributed by atoms with van der Waals surface area (Å²) in [4.78, 5) is 43.7. The SMILES string of the molecule is CCC(C=O)c1cc2n(c(=O)c1COC)Cc1c-2nc2cc(F)c(C)c3c2c1C(NC(=O)C(O)CC1CC1)CC3. The van der Waals surface area contributed by atoms with Gasteiger partial charge in [0.25, 0.3) is 5.56 Å². The van der Waals surface area contributed by atoms with Gasteiger partial charge in [-0.1, -0.05) is 19.8 Å². The number of rotatable bonds is 9. The molecule has 3 aromatic rings. The molecule has 0 radical (unpaired) electrons. The van der Waals surface area contributed by atoms with E-state index >= 15 is 4.39 Å². The first-order valence-electron chi connectivity index (χ1n) is 14.1. The minimum absolute atomic E-state index is 0.0729. The van der Waals surface area contributed by atoms with E-state index in [1.807, 2.05) is 13.0 Å². The lowest BCUT2D eigenvalue weighted by atomic mass is 9.81. The van der Waals surface area contributed by atoms with E-state index in [4.69, 9.17) is 9.72 Å². The van der Waals surface area contributed by atoms with Gasteiger partial charge in [-0.25, -0.2) is 9.37 Å². The standard InChI is InChI=1S/C31H34FN3O5/c1-4-17(13-36)19-10-25-29-20(12-35(25)31(39)21(19)14-40-3)28-23(34-30(38)26(37)9-16-5-6-16)8-7-18-15(2)22(32)11-24(33-29)27(18)28/h10-11,13,16-17,23,26,37H,4-9,12,14H2,1-3H3,(H,34,38). The summed E-state index contributed by atoms with van der Waals surface area (Å²) < 4.78 is 22.0. The monoisotopic (exact) mass is 547 g/mol. The van der Waals surface area contributed by atoms with E-state index in [0.717, 1.165) is 41.2 Å². The Morgan fingerprint density at radius 3 is 2.75 bits per heavy atom. The second-order valence-corrected chi connectivity index (χ2v) is 11.4. The number of aliphatic hydroxyl groups is 1. The minimum Gasteiger partial charge on any atom is -0.383 e. The lowest BCUT2D eigenvalue weighted by Gasteiger charge is -2.30. The number of amides is 1. The second kappa shape index (κ2) is 10.2. The van der Waals surface area contributed by atoms with Crippen molar-refractivity contribution in [2.45, 2.75) is 83.6 Å². The van der Waals surface area contributed by atoms with Crippen LogP contribution in [0.2, 0.25) is 0 Å². The van der Waals surface area contributed by atoms with Crippen LogP contribution in [-0.2, 0) is 33.9 Å². The normalized spacial score (nSPS) is 18.8. The first-order valence-corrected chi connectivity index (χ1v) is 14.1. The molecule has 3 atom stereocenters. The predicted octanol–water partition coefficient (Wildman–Crippen LogP) is 3.98. The number of aromatic nitrogens is 2. The molecule has 0 spiro atoms. The molecule has 0 saturated heterocycles. The Morgan fingerprint density at radius 2 is 2.08 bits per heavy atom. The van der Waals surface area contributed by atoms with Crippen LogP contribution in [0.15, 0.2) is 16.9 Å². The van der Waals surface area contributed by atoms with Gasteiger partial charge >= 0.3 is 0 Å². The molecule has 3 aliphatic rings. The molecule has 1 amide bonds. The number of aldehydes is 1. The number of halogens is 1. The molecule has 0 bridgehead atoms. The highest BCUT2D eigenvalue weighted by Gasteiger charge is 2.36. The van der Waals surface area contributed by atoms with Crippen molar-refractivity contribution in [3.05, 3.63) is 61.7 Å². The molecule has 1 saturated carbocycles. The number of hydrogen-bond acceptors (Lipinski definition) is 6. The average molecular weight is 548 g/mol. The van der Waals surface area contributed by atoms with Crippen molar-refractivity contribution in [3.63, 3.8) is 0 Å². The fraction of sp³-hybridized carbons (Fsp3) is 0.484. The number of pyridine rings is 2. The van der Waals surface area contributed by atoms with Crippen LogP contribution in [0.3, 0.4) is 0 Å². The second-order valence-electron chi connectivity index (χ2n) is 11.4. The van der Waals surface area contributed by atoms with Crippen molar-refractivity contribution in [1.82, 2.24) is 14.9 Å². The van der Waals surface area contributed by atoms with Crippen molar-refractivity contribution in [3.8, 4) is 11.4 Å². The van der Waals surface area contributed by atoms with Crippen molar-refractivity contribution in [2.75, 3.05) is 7.11 Å². The molecule has 2 aliphatic carbocycles. The summed E-state index contributed by atoms with van der Waals surface area (Å²) in [6, 6.07) is 2.85. The van der Waals surface area contributed by atoms with Crippen LogP contribution in [0.5, 0.6) is 0 Å². The Labute approximate surface area is 231 Å². The number of carbonyl (C=O) groups excluding carboxylic acids is 2. The molecule has 210 valence electrons. The number of nitrogens with zero attached hydrogens (tertiary/aromatic N) is 2. The maximum atomic E-state index is 15.1. The van der Waals surface area contributed by atoms with E-state index < -0.39 is 24.0 Å². The highest BCUT2D eigenvalue weighted by Crippen LogP contribution is 2.45. The van der Waals surface area contributed by atoms with Gasteiger partial charge in [0.1, 0.15) is 18.2 Å². The van der Waals surface area contributed by atoms with E-state index in [1.165, 1.54) is 13.2 Å². The summed E-state index contributed by atoms with van der Waals surface area (Å²) in [6.45, 7) is 3.96. The number of carbonyl (C=O) groups is 2. The van der Waals surface area contributed by atoms with Gasteiger partial charge in [-0.2, -0.15) is 0 Å². The van der Waals surface area contributed by atoms with Crippen molar-refractivity contribution >= 4 is 23.1 Å². The molecule has 1 aliphatic heterocycles. The topological polar surface area (TPSA) is 111 Å². The Bertz CT molecular complexity index is 1610. The Kier molecular flexibility index (Phi) is 6.82. The van der Waals surface area contributed by atoms with Crippen molar-refractivity contribution in [1.29, 1.82) is 0 Å². The molecule has 1 fully saturated rings. The molecule has 6 rings (SSSR count). The molecular formula is C31H34FN3O5. The van der Waals surface area contributed by atoms with E-state index in [0.29, 0.717) is 65.2 Å².